The molecule has 0 aliphatic carbocycles. The predicted octanol–water partition coefficient (Wildman–Crippen LogP) is 5.28. The highest BCUT2D eigenvalue weighted by Crippen LogP contribution is 2.42. The Balaban J connectivity index is 1.29. The number of halogens is 1. The third-order valence-electron chi connectivity index (χ3n) is 5.59. The molecule has 5 aromatic rings. The predicted molar refractivity (Wildman–Crippen MR) is 130 cm³/mol. The maximum Gasteiger partial charge on any atom is 0.231 e. The molecule has 3 heterocycles. The monoisotopic (exact) mass is 519 g/mol. The first-order valence-electron chi connectivity index (χ1n) is 10.4. The van der Waals surface area contributed by atoms with Gasteiger partial charge in [0.05, 0.1) is 6.33 Å². The molecule has 1 aliphatic heterocycles. The Morgan fingerprint density at radius 1 is 1.06 bits per heavy atom. The van der Waals surface area contributed by atoms with Crippen LogP contribution in [0.25, 0.3) is 21.9 Å². The topological polar surface area (TPSA) is 88.8 Å². The van der Waals surface area contributed by atoms with Crippen LogP contribution in [0, 0.1) is 5.41 Å². The highest BCUT2D eigenvalue weighted by atomic mass is 79.9. The van der Waals surface area contributed by atoms with Crippen molar-refractivity contribution in [2.75, 3.05) is 6.79 Å². The van der Waals surface area contributed by atoms with E-state index in [1.807, 2.05) is 16.7 Å². The Morgan fingerprint density at radius 3 is 2.76 bits per heavy atom. The molecule has 0 radical (unpaired) electrons. The number of aryl methyl sites for hydroxylation is 2. The summed E-state index contributed by atoms with van der Waals surface area (Å²) in [5.74, 6) is 1.44. The molecule has 0 saturated heterocycles. The van der Waals surface area contributed by atoms with E-state index in [-0.39, 0.29) is 12.3 Å². The third-order valence-corrected chi connectivity index (χ3v) is 7.45. The van der Waals surface area contributed by atoms with Crippen LogP contribution < -0.4 is 15.0 Å². The van der Waals surface area contributed by atoms with Crippen molar-refractivity contribution in [3.8, 4) is 11.5 Å². The van der Waals surface area contributed by atoms with Gasteiger partial charge in [-0.3, -0.25) is 5.41 Å². The zero-order chi connectivity index (χ0) is 22.4. The molecular weight excluding hydrogens is 502 g/mol. The molecule has 0 saturated carbocycles. The van der Waals surface area contributed by atoms with Gasteiger partial charge in [-0.05, 0) is 50.8 Å². The molecule has 9 heteroatoms. The SMILES string of the molecule is N=c1ncn(CCc2ccc3ccccc3c2)c2nc(Sc3cc4c(cc3Br)OCO4)[nH]c12. The first-order chi connectivity index (χ1) is 16.1. The second-order valence-electron chi connectivity index (χ2n) is 7.70. The Bertz CT molecular complexity index is 1580. The van der Waals surface area contributed by atoms with Crippen molar-refractivity contribution in [1.82, 2.24) is 19.5 Å². The molecule has 2 N–H and O–H groups in total. The third kappa shape index (κ3) is 3.87. The molecular formula is C24H18BrN5O2S. The maximum atomic E-state index is 8.23. The highest BCUT2D eigenvalue weighted by molar-refractivity contribution is 9.10. The number of H-pyrrole nitrogens is 1. The number of hydrogen-bond donors (Lipinski definition) is 2. The fourth-order valence-corrected chi connectivity index (χ4v) is 5.28. The lowest BCUT2D eigenvalue weighted by atomic mass is 10.1. The molecule has 0 fully saturated rings. The minimum Gasteiger partial charge on any atom is -0.454 e. The Morgan fingerprint density at radius 2 is 1.88 bits per heavy atom. The fourth-order valence-electron chi connectivity index (χ4n) is 3.90. The number of imidazole rings is 1. The molecule has 6 rings (SSSR count). The molecule has 3 aromatic carbocycles. The van der Waals surface area contributed by atoms with E-state index in [4.69, 9.17) is 19.9 Å². The van der Waals surface area contributed by atoms with Crippen molar-refractivity contribution in [3.05, 3.63) is 76.4 Å². The van der Waals surface area contributed by atoms with Gasteiger partial charge in [-0.1, -0.05) is 54.2 Å². The Hall–Kier alpha value is -3.30. The van der Waals surface area contributed by atoms with Crippen LogP contribution in [0.3, 0.4) is 0 Å². The summed E-state index contributed by atoms with van der Waals surface area (Å²) in [6, 6.07) is 18.7. The zero-order valence-corrected chi connectivity index (χ0v) is 19.7. The molecule has 0 bridgehead atoms. The van der Waals surface area contributed by atoms with Gasteiger partial charge in [-0.15, -0.1) is 0 Å². The first-order valence-corrected chi connectivity index (χ1v) is 12.0. The molecule has 2 aromatic heterocycles. The van der Waals surface area contributed by atoms with Gasteiger partial charge in [0.15, 0.2) is 27.8 Å². The van der Waals surface area contributed by atoms with Crippen LogP contribution >= 0.6 is 27.7 Å². The number of fused-ring (bicyclic) bond motifs is 3. The van der Waals surface area contributed by atoms with Crippen molar-refractivity contribution in [1.29, 1.82) is 5.41 Å². The van der Waals surface area contributed by atoms with E-state index < -0.39 is 0 Å². The van der Waals surface area contributed by atoms with Gasteiger partial charge < -0.3 is 19.0 Å². The molecule has 1 aliphatic rings. The van der Waals surface area contributed by atoms with Crippen molar-refractivity contribution in [2.45, 2.75) is 23.0 Å². The molecule has 0 atom stereocenters. The van der Waals surface area contributed by atoms with Gasteiger partial charge in [-0.2, -0.15) is 0 Å². The van der Waals surface area contributed by atoms with Crippen molar-refractivity contribution < 1.29 is 9.47 Å². The summed E-state index contributed by atoms with van der Waals surface area (Å²) < 4.78 is 13.8. The van der Waals surface area contributed by atoms with Crippen LogP contribution in [-0.2, 0) is 13.0 Å². The lowest BCUT2D eigenvalue weighted by molar-refractivity contribution is 0.174. The zero-order valence-electron chi connectivity index (χ0n) is 17.3. The van der Waals surface area contributed by atoms with Crippen LogP contribution in [0.15, 0.2) is 75.4 Å². The van der Waals surface area contributed by atoms with Crippen LogP contribution in [-0.4, -0.2) is 26.3 Å². The van der Waals surface area contributed by atoms with Gasteiger partial charge in [0.25, 0.3) is 0 Å². The quantitative estimate of drug-likeness (QED) is 0.329. The van der Waals surface area contributed by atoms with Gasteiger partial charge in [0.2, 0.25) is 6.79 Å². The van der Waals surface area contributed by atoms with Crippen molar-refractivity contribution in [2.24, 2.45) is 0 Å². The Labute approximate surface area is 201 Å². The Kier molecular flexibility index (Phi) is 5.07. The maximum absolute atomic E-state index is 8.23. The molecule has 164 valence electrons. The summed E-state index contributed by atoms with van der Waals surface area (Å²) in [4.78, 5) is 13.2. The molecule has 7 nitrogen and oxygen atoms in total. The fraction of sp³-hybridized carbons (Fsp3) is 0.125. The van der Waals surface area contributed by atoms with E-state index in [0.29, 0.717) is 23.0 Å². The van der Waals surface area contributed by atoms with Crippen molar-refractivity contribution in [3.63, 3.8) is 0 Å². The van der Waals surface area contributed by atoms with E-state index in [1.54, 1.807) is 6.33 Å². The van der Waals surface area contributed by atoms with E-state index in [0.717, 1.165) is 27.2 Å². The summed E-state index contributed by atoms with van der Waals surface area (Å²) in [6.45, 7) is 0.941. The van der Waals surface area contributed by atoms with Gasteiger partial charge in [0, 0.05) is 15.9 Å². The molecule has 33 heavy (non-hydrogen) atoms. The average molecular weight is 520 g/mol. The first kappa shape index (κ1) is 20.3. The lowest BCUT2D eigenvalue weighted by Crippen LogP contribution is -2.13. The number of nitrogens with one attached hydrogen (secondary N) is 2. The van der Waals surface area contributed by atoms with E-state index in [9.17, 15) is 0 Å². The molecule has 0 amide bonds. The number of benzene rings is 3. The minimum absolute atomic E-state index is 0.177. The van der Waals surface area contributed by atoms with Crippen LogP contribution in [0.4, 0.5) is 0 Å². The standard InChI is InChI=1S/C24H18BrN5O2S/c25-17-10-18-19(32-13-31-18)11-20(17)33-24-28-21-22(26)27-12-30(23(21)29-24)8-7-14-5-6-15-3-1-2-4-16(15)9-14/h1-6,9-12,26H,7-8,13H2,(H,28,29). The normalized spacial score (nSPS) is 12.6. The summed E-state index contributed by atoms with van der Waals surface area (Å²) >= 11 is 5.06. The summed E-state index contributed by atoms with van der Waals surface area (Å²) in [5.41, 5.74) is 2.76. The molecule has 0 unspecified atom stereocenters. The minimum atomic E-state index is 0.177. The largest absolute Gasteiger partial charge is 0.454 e. The lowest BCUT2D eigenvalue weighted by Gasteiger charge is -2.08. The van der Waals surface area contributed by atoms with Crippen molar-refractivity contribution >= 4 is 49.6 Å². The van der Waals surface area contributed by atoms with E-state index in [1.165, 1.54) is 28.1 Å². The summed E-state index contributed by atoms with van der Waals surface area (Å²) in [7, 11) is 0. The average Bonchev–Trinajstić information content (AvgIpc) is 3.46. The van der Waals surface area contributed by atoms with Gasteiger partial charge in [-0.25, -0.2) is 9.97 Å². The smallest absolute Gasteiger partial charge is 0.231 e. The molecule has 0 spiro atoms. The number of aromatic nitrogens is 4. The number of rotatable bonds is 5. The summed E-state index contributed by atoms with van der Waals surface area (Å²) in [6.07, 6.45) is 2.53. The summed E-state index contributed by atoms with van der Waals surface area (Å²) in [5, 5.41) is 11.4. The van der Waals surface area contributed by atoms with Gasteiger partial charge >= 0.3 is 0 Å². The number of nitrogens with zero attached hydrogens (tertiary/aromatic N) is 3. The van der Waals surface area contributed by atoms with Crippen LogP contribution in [0.2, 0.25) is 0 Å². The highest BCUT2D eigenvalue weighted by Gasteiger charge is 2.18. The van der Waals surface area contributed by atoms with E-state index >= 15 is 0 Å². The number of aromatic amines is 1. The van der Waals surface area contributed by atoms with Crippen LogP contribution in [0.5, 0.6) is 11.5 Å². The second-order valence-corrected chi connectivity index (χ2v) is 9.58. The van der Waals surface area contributed by atoms with Crippen LogP contribution in [0.1, 0.15) is 5.56 Å². The van der Waals surface area contributed by atoms with E-state index in [2.05, 4.69) is 68.4 Å². The number of hydrogen-bond acceptors (Lipinski definition) is 6. The second kappa shape index (κ2) is 8.24. The van der Waals surface area contributed by atoms with Gasteiger partial charge in [0.1, 0.15) is 5.52 Å². The number of ether oxygens (including phenoxy) is 2.